The van der Waals surface area contributed by atoms with Gasteiger partial charge >= 0.3 is 0 Å². The molecule has 2 rings (SSSR count). The molecule has 2 heterocycles. The monoisotopic (exact) mass is 195 g/mol. The molecule has 1 fully saturated rings. The first-order chi connectivity index (χ1) is 6.77. The van der Waals surface area contributed by atoms with Crippen molar-refractivity contribution in [3.05, 3.63) is 5.82 Å². The van der Waals surface area contributed by atoms with Gasteiger partial charge in [0.2, 0.25) is 0 Å². The van der Waals surface area contributed by atoms with Crippen molar-refractivity contribution in [2.24, 2.45) is 5.92 Å². The number of nitrogens with one attached hydrogen (secondary N) is 1. The van der Waals surface area contributed by atoms with Gasteiger partial charge in [-0.25, -0.2) is 4.68 Å². The third kappa shape index (κ3) is 1.92. The van der Waals surface area contributed by atoms with Crippen LogP contribution in [0.5, 0.6) is 0 Å². The molecule has 5 heteroatoms. The number of hydrogen-bond donors (Lipinski definition) is 1. The SMILES string of the molecule is CC(C)Cn1nnnc1C1CCNC1. The lowest BCUT2D eigenvalue weighted by Crippen LogP contribution is -2.15. The first-order valence-corrected chi connectivity index (χ1v) is 5.24. The number of hydrogen-bond acceptors (Lipinski definition) is 4. The van der Waals surface area contributed by atoms with Gasteiger partial charge in [-0.1, -0.05) is 13.8 Å². The molecule has 1 unspecified atom stereocenters. The van der Waals surface area contributed by atoms with Crippen molar-refractivity contribution in [3.8, 4) is 0 Å². The highest BCUT2D eigenvalue weighted by molar-refractivity contribution is 4.98. The molecule has 0 amide bonds. The Morgan fingerprint density at radius 3 is 3.07 bits per heavy atom. The fourth-order valence-electron chi connectivity index (χ4n) is 1.85. The molecule has 5 nitrogen and oxygen atoms in total. The maximum Gasteiger partial charge on any atom is 0.155 e. The van der Waals surface area contributed by atoms with Crippen LogP contribution in [0.25, 0.3) is 0 Å². The van der Waals surface area contributed by atoms with E-state index in [0.717, 1.165) is 31.9 Å². The third-order valence-corrected chi connectivity index (χ3v) is 2.52. The number of aromatic nitrogens is 4. The molecule has 1 atom stereocenters. The largest absolute Gasteiger partial charge is 0.316 e. The Labute approximate surface area is 83.9 Å². The fourth-order valence-corrected chi connectivity index (χ4v) is 1.85. The molecule has 0 aliphatic carbocycles. The molecule has 1 aromatic rings. The normalized spacial score (nSPS) is 22.1. The standard InChI is InChI=1S/C9H17N5/c1-7(2)6-14-9(11-12-13-14)8-3-4-10-5-8/h7-8,10H,3-6H2,1-2H3. The summed E-state index contributed by atoms with van der Waals surface area (Å²) < 4.78 is 1.95. The molecule has 14 heavy (non-hydrogen) atoms. The van der Waals surface area contributed by atoms with Crippen LogP contribution in [-0.2, 0) is 6.54 Å². The van der Waals surface area contributed by atoms with Crippen LogP contribution in [0.4, 0.5) is 0 Å². The summed E-state index contributed by atoms with van der Waals surface area (Å²) >= 11 is 0. The minimum absolute atomic E-state index is 0.503. The van der Waals surface area contributed by atoms with Gasteiger partial charge in [-0.3, -0.25) is 0 Å². The van der Waals surface area contributed by atoms with Crippen molar-refractivity contribution in [2.45, 2.75) is 32.7 Å². The lowest BCUT2D eigenvalue weighted by Gasteiger charge is -2.10. The zero-order chi connectivity index (χ0) is 9.97. The zero-order valence-electron chi connectivity index (χ0n) is 8.77. The van der Waals surface area contributed by atoms with Crippen molar-refractivity contribution >= 4 is 0 Å². The van der Waals surface area contributed by atoms with Crippen molar-refractivity contribution < 1.29 is 0 Å². The minimum Gasteiger partial charge on any atom is -0.316 e. The highest BCUT2D eigenvalue weighted by Crippen LogP contribution is 2.19. The molecule has 0 saturated carbocycles. The molecule has 1 aliphatic rings. The summed E-state index contributed by atoms with van der Waals surface area (Å²) in [6.07, 6.45) is 1.15. The van der Waals surface area contributed by atoms with Crippen molar-refractivity contribution in [2.75, 3.05) is 13.1 Å². The van der Waals surface area contributed by atoms with E-state index in [1.807, 2.05) is 4.68 Å². The summed E-state index contributed by atoms with van der Waals surface area (Å²) in [7, 11) is 0. The first-order valence-electron chi connectivity index (χ1n) is 5.24. The quantitative estimate of drug-likeness (QED) is 0.758. The number of tetrazole rings is 1. The van der Waals surface area contributed by atoms with Gasteiger partial charge in [0.05, 0.1) is 0 Å². The average molecular weight is 195 g/mol. The molecule has 0 aromatic carbocycles. The Kier molecular flexibility index (Phi) is 2.77. The number of nitrogens with zero attached hydrogens (tertiary/aromatic N) is 4. The minimum atomic E-state index is 0.503. The van der Waals surface area contributed by atoms with Crippen LogP contribution < -0.4 is 5.32 Å². The van der Waals surface area contributed by atoms with Crippen LogP contribution in [0, 0.1) is 5.92 Å². The summed E-state index contributed by atoms with van der Waals surface area (Å²) in [6.45, 7) is 7.37. The predicted molar refractivity (Wildman–Crippen MR) is 52.9 cm³/mol. The second kappa shape index (κ2) is 4.04. The van der Waals surface area contributed by atoms with E-state index in [0.29, 0.717) is 11.8 Å². The van der Waals surface area contributed by atoms with E-state index in [1.54, 1.807) is 0 Å². The molecule has 1 N–H and O–H groups in total. The average Bonchev–Trinajstić information content (AvgIpc) is 2.70. The topological polar surface area (TPSA) is 55.6 Å². The van der Waals surface area contributed by atoms with Gasteiger partial charge in [-0.05, 0) is 29.3 Å². The molecule has 0 bridgehead atoms. The first kappa shape index (κ1) is 9.58. The van der Waals surface area contributed by atoms with Crippen molar-refractivity contribution in [3.63, 3.8) is 0 Å². The highest BCUT2D eigenvalue weighted by Gasteiger charge is 2.22. The van der Waals surface area contributed by atoms with Crippen molar-refractivity contribution in [1.29, 1.82) is 0 Å². The Bertz CT molecular complexity index is 287. The van der Waals surface area contributed by atoms with Crippen LogP contribution in [0.15, 0.2) is 0 Å². The Morgan fingerprint density at radius 1 is 1.57 bits per heavy atom. The second-order valence-electron chi connectivity index (χ2n) is 4.30. The van der Waals surface area contributed by atoms with E-state index in [9.17, 15) is 0 Å². The van der Waals surface area contributed by atoms with Crippen molar-refractivity contribution in [1.82, 2.24) is 25.5 Å². The van der Waals surface area contributed by atoms with Gasteiger partial charge in [0.15, 0.2) is 5.82 Å². The van der Waals surface area contributed by atoms with Crippen LogP contribution in [0.1, 0.15) is 32.0 Å². The van der Waals surface area contributed by atoms with Crippen LogP contribution in [0.3, 0.4) is 0 Å². The van der Waals surface area contributed by atoms with E-state index in [2.05, 4.69) is 34.7 Å². The van der Waals surface area contributed by atoms with E-state index in [1.165, 1.54) is 0 Å². The third-order valence-electron chi connectivity index (χ3n) is 2.52. The summed E-state index contributed by atoms with van der Waals surface area (Å²) in [6, 6.07) is 0. The lowest BCUT2D eigenvalue weighted by molar-refractivity contribution is 0.447. The van der Waals surface area contributed by atoms with E-state index in [-0.39, 0.29) is 0 Å². The summed E-state index contributed by atoms with van der Waals surface area (Å²) in [5.74, 6) is 2.14. The smallest absolute Gasteiger partial charge is 0.155 e. The summed E-state index contributed by atoms with van der Waals surface area (Å²) in [5, 5.41) is 15.2. The van der Waals surface area contributed by atoms with Gasteiger partial charge in [0, 0.05) is 19.0 Å². The molecule has 0 spiro atoms. The van der Waals surface area contributed by atoms with Gasteiger partial charge < -0.3 is 5.32 Å². The molecular weight excluding hydrogens is 178 g/mol. The fraction of sp³-hybridized carbons (Fsp3) is 0.889. The second-order valence-corrected chi connectivity index (χ2v) is 4.30. The predicted octanol–water partition coefficient (Wildman–Crippen LogP) is 0.406. The van der Waals surface area contributed by atoms with Gasteiger partial charge in [-0.15, -0.1) is 5.10 Å². The molecule has 0 radical (unpaired) electrons. The molecule has 78 valence electrons. The highest BCUT2D eigenvalue weighted by atomic mass is 15.5. The van der Waals surface area contributed by atoms with Crippen LogP contribution >= 0.6 is 0 Å². The Hall–Kier alpha value is -0.970. The Balaban J connectivity index is 2.12. The van der Waals surface area contributed by atoms with Crippen LogP contribution in [-0.4, -0.2) is 33.3 Å². The summed E-state index contributed by atoms with van der Waals surface area (Å²) in [5.41, 5.74) is 0. The molecule has 1 aliphatic heterocycles. The Morgan fingerprint density at radius 2 is 2.43 bits per heavy atom. The lowest BCUT2D eigenvalue weighted by atomic mass is 10.1. The van der Waals surface area contributed by atoms with Gasteiger partial charge in [0.25, 0.3) is 0 Å². The molecule has 1 aromatic heterocycles. The summed E-state index contributed by atoms with van der Waals surface area (Å²) in [4.78, 5) is 0. The molecular formula is C9H17N5. The number of rotatable bonds is 3. The van der Waals surface area contributed by atoms with E-state index < -0.39 is 0 Å². The van der Waals surface area contributed by atoms with E-state index in [4.69, 9.17) is 0 Å². The van der Waals surface area contributed by atoms with Gasteiger partial charge in [-0.2, -0.15) is 0 Å². The maximum absolute atomic E-state index is 4.11. The maximum atomic E-state index is 4.11. The van der Waals surface area contributed by atoms with E-state index >= 15 is 0 Å². The van der Waals surface area contributed by atoms with Gasteiger partial charge in [0.1, 0.15) is 0 Å². The molecule has 1 saturated heterocycles. The zero-order valence-corrected chi connectivity index (χ0v) is 8.77. The van der Waals surface area contributed by atoms with Crippen LogP contribution in [0.2, 0.25) is 0 Å².